The van der Waals surface area contributed by atoms with Gasteiger partial charge in [-0.1, -0.05) is 0 Å². The van der Waals surface area contributed by atoms with Crippen LogP contribution in [-0.2, 0) is 4.79 Å². The van der Waals surface area contributed by atoms with E-state index in [9.17, 15) is 4.79 Å². The Morgan fingerprint density at radius 1 is 1.37 bits per heavy atom. The molecule has 0 fully saturated rings. The van der Waals surface area contributed by atoms with Crippen molar-refractivity contribution in [2.75, 3.05) is 5.32 Å². The minimum atomic E-state index is -0.233. The summed E-state index contributed by atoms with van der Waals surface area (Å²) in [6.07, 6.45) is 7.89. The van der Waals surface area contributed by atoms with Crippen molar-refractivity contribution in [3.63, 3.8) is 0 Å². The molecule has 6 nitrogen and oxygen atoms in total. The molecule has 0 aliphatic rings. The zero-order valence-corrected chi connectivity index (χ0v) is 9.85. The van der Waals surface area contributed by atoms with Crippen LogP contribution in [0.25, 0.3) is 11.7 Å². The van der Waals surface area contributed by atoms with Gasteiger partial charge < -0.3 is 9.73 Å². The number of nitrogens with one attached hydrogen (secondary N) is 1. The van der Waals surface area contributed by atoms with E-state index in [0.29, 0.717) is 11.4 Å². The third-order valence-corrected chi connectivity index (χ3v) is 2.50. The van der Waals surface area contributed by atoms with Crippen molar-refractivity contribution in [3.8, 4) is 0 Å². The van der Waals surface area contributed by atoms with Gasteiger partial charge in [0, 0.05) is 12.3 Å². The Bertz CT molecular complexity index is 728. The Labute approximate surface area is 108 Å². The number of nitrogens with zero attached hydrogens (tertiary/aromatic N) is 3. The smallest absolute Gasteiger partial charge is 0.248 e. The molecule has 0 saturated heterocycles. The maximum atomic E-state index is 11.7. The van der Waals surface area contributed by atoms with Crippen molar-refractivity contribution in [2.45, 2.75) is 0 Å². The van der Waals surface area contributed by atoms with Crippen LogP contribution in [0.5, 0.6) is 0 Å². The molecule has 1 amide bonds. The van der Waals surface area contributed by atoms with Gasteiger partial charge in [-0.25, -0.2) is 0 Å². The molecule has 3 aromatic rings. The van der Waals surface area contributed by atoms with Crippen LogP contribution in [0.4, 0.5) is 5.69 Å². The number of pyridine rings is 1. The SMILES string of the molecule is O=C(/C=C/c1ccco1)Nc1ccc2nncn2c1. The van der Waals surface area contributed by atoms with Crippen molar-refractivity contribution in [3.05, 3.63) is 54.9 Å². The molecule has 19 heavy (non-hydrogen) atoms. The van der Waals surface area contributed by atoms with Gasteiger partial charge in [-0.2, -0.15) is 0 Å². The van der Waals surface area contributed by atoms with E-state index >= 15 is 0 Å². The summed E-state index contributed by atoms with van der Waals surface area (Å²) in [4.78, 5) is 11.7. The zero-order chi connectivity index (χ0) is 13.1. The van der Waals surface area contributed by atoms with Crippen molar-refractivity contribution in [1.29, 1.82) is 0 Å². The van der Waals surface area contributed by atoms with Crippen LogP contribution in [0, 0.1) is 0 Å². The molecule has 3 rings (SSSR count). The molecule has 3 heterocycles. The summed E-state index contributed by atoms with van der Waals surface area (Å²) in [5.41, 5.74) is 1.39. The number of carbonyl (C=O) groups is 1. The van der Waals surface area contributed by atoms with E-state index in [2.05, 4.69) is 15.5 Å². The second kappa shape index (κ2) is 4.77. The van der Waals surface area contributed by atoms with Crippen molar-refractivity contribution in [2.24, 2.45) is 0 Å². The predicted molar refractivity (Wildman–Crippen MR) is 69.4 cm³/mol. The highest BCUT2D eigenvalue weighted by Crippen LogP contribution is 2.09. The molecule has 0 spiro atoms. The first-order valence-corrected chi connectivity index (χ1v) is 5.63. The molecule has 0 aliphatic heterocycles. The molecule has 94 valence electrons. The van der Waals surface area contributed by atoms with Crippen LogP contribution in [0.1, 0.15) is 5.76 Å². The number of aromatic nitrogens is 3. The van der Waals surface area contributed by atoms with E-state index in [1.54, 1.807) is 53.5 Å². The van der Waals surface area contributed by atoms with Crippen molar-refractivity contribution >= 4 is 23.3 Å². The summed E-state index contributed by atoms with van der Waals surface area (Å²) >= 11 is 0. The standard InChI is InChI=1S/C13H10N4O2/c18-13(6-4-11-2-1-7-19-11)15-10-3-5-12-16-14-9-17(12)8-10/h1-9H,(H,15,18)/b6-4+. The highest BCUT2D eigenvalue weighted by molar-refractivity contribution is 6.01. The lowest BCUT2D eigenvalue weighted by molar-refractivity contribution is -0.111. The first-order chi connectivity index (χ1) is 9.31. The van der Waals surface area contributed by atoms with Crippen LogP contribution in [0.3, 0.4) is 0 Å². The van der Waals surface area contributed by atoms with E-state index < -0.39 is 0 Å². The van der Waals surface area contributed by atoms with Crippen LogP contribution in [-0.4, -0.2) is 20.5 Å². The topological polar surface area (TPSA) is 72.4 Å². The first kappa shape index (κ1) is 11.2. The molecular formula is C13H10N4O2. The Kier molecular flexibility index (Phi) is 2.82. The van der Waals surface area contributed by atoms with Gasteiger partial charge in [-0.05, 0) is 30.3 Å². The van der Waals surface area contributed by atoms with Gasteiger partial charge in [0.15, 0.2) is 5.65 Å². The number of rotatable bonds is 3. The van der Waals surface area contributed by atoms with Crippen LogP contribution >= 0.6 is 0 Å². The molecule has 0 aromatic carbocycles. The number of hydrogen-bond donors (Lipinski definition) is 1. The molecule has 0 unspecified atom stereocenters. The number of furan rings is 1. The molecular weight excluding hydrogens is 244 g/mol. The molecule has 0 radical (unpaired) electrons. The third-order valence-electron chi connectivity index (χ3n) is 2.50. The second-order valence-electron chi connectivity index (χ2n) is 3.85. The summed E-state index contributed by atoms with van der Waals surface area (Å²) in [6, 6.07) is 7.08. The van der Waals surface area contributed by atoms with Crippen LogP contribution in [0.15, 0.2) is 53.5 Å². The summed E-state index contributed by atoms with van der Waals surface area (Å²) < 4.78 is 6.82. The Balaban J connectivity index is 1.71. The minimum absolute atomic E-state index is 0.233. The predicted octanol–water partition coefficient (Wildman–Crippen LogP) is 1.97. The van der Waals surface area contributed by atoms with E-state index in [-0.39, 0.29) is 5.91 Å². The van der Waals surface area contributed by atoms with Crippen molar-refractivity contribution < 1.29 is 9.21 Å². The second-order valence-corrected chi connectivity index (χ2v) is 3.85. The quantitative estimate of drug-likeness (QED) is 0.725. The number of fused-ring (bicyclic) bond motifs is 1. The zero-order valence-electron chi connectivity index (χ0n) is 9.85. The number of amides is 1. The number of hydrogen-bond acceptors (Lipinski definition) is 4. The Morgan fingerprint density at radius 3 is 3.16 bits per heavy atom. The van der Waals surface area contributed by atoms with Gasteiger partial charge in [-0.3, -0.25) is 9.20 Å². The van der Waals surface area contributed by atoms with Gasteiger partial charge >= 0.3 is 0 Å². The lowest BCUT2D eigenvalue weighted by Crippen LogP contribution is -2.08. The summed E-state index contributed by atoms with van der Waals surface area (Å²) in [5, 5.41) is 10.4. The van der Waals surface area contributed by atoms with Crippen LogP contribution in [0.2, 0.25) is 0 Å². The van der Waals surface area contributed by atoms with Gasteiger partial charge in [0.05, 0.1) is 12.0 Å². The first-order valence-electron chi connectivity index (χ1n) is 5.63. The Morgan fingerprint density at radius 2 is 2.32 bits per heavy atom. The van der Waals surface area contributed by atoms with E-state index in [4.69, 9.17) is 4.42 Å². The van der Waals surface area contributed by atoms with Gasteiger partial charge in [0.1, 0.15) is 12.1 Å². The van der Waals surface area contributed by atoms with Gasteiger partial charge in [0.25, 0.3) is 0 Å². The molecule has 0 aliphatic carbocycles. The number of carbonyl (C=O) groups excluding carboxylic acids is 1. The van der Waals surface area contributed by atoms with Crippen LogP contribution < -0.4 is 5.32 Å². The highest BCUT2D eigenvalue weighted by Gasteiger charge is 2.00. The fourth-order valence-electron chi connectivity index (χ4n) is 1.63. The molecule has 3 aromatic heterocycles. The highest BCUT2D eigenvalue weighted by atomic mass is 16.3. The molecule has 1 N–H and O–H groups in total. The maximum Gasteiger partial charge on any atom is 0.248 e. The Hall–Kier alpha value is -2.89. The molecule has 6 heteroatoms. The summed E-state index contributed by atoms with van der Waals surface area (Å²) in [6.45, 7) is 0. The average molecular weight is 254 g/mol. The monoisotopic (exact) mass is 254 g/mol. The number of anilines is 1. The lowest BCUT2D eigenvalue weighted by atomic mass is 10.3. The molecule has 0 atom stereocenters. The molecule has 0 bridgehead atoms. The molecule has 0 saturated carbocycles. The van der Waals surface area contributed by atoms with E-state index in [1.807, 2.05) is 0 Å². The lowest BCUT2D eigenvalue weighted by Gasteiger charge is -2.02. The maximum absolute atomic E-state index is 11.7. The third kappa shape index (κ3) is 2.52. The fraction of sp³-hybridized carbons (Fsp3) is 0. The normalized spacial score (nSPS) is 11.2. The van der Waals surface area contributed by atoms with Gasteiger partial charge in [-0.15, -0.1) is 10.2 Å². The van der Waals surface area contributed by atoms with E-state index in [1.165, 1.54) is 6.08 Å². The fourth-order valence-corrected chi connectivity index (χ4v) is 1.63. The van der Waals surface area contributed by atoms with E-state index in [0.717, 1.165) is 5.65 Å². The average Bonchev–Trinajstić information content (AvgIpc) is 3.07. The van der Waals surface area contributed by atoms with Gasteiger partial charge in [0.2, 0.25) is 5.91 Å². The van der Waals surface area contributed by atoms with Crippen molar-refractivity contribution in [1.82, 2.24) is 14.6 Å². The summed E-state index contributed by atoms with van der Waals surface area (Å²) in [7, 11) is 0. The largest absolute Gasteiger partial charge is 0.465 e. The summed E-state index contributed by atoms with van der Waals surface area (Å²) in [5.74, 6) is 0.397. The minimum Gasteiger partial charge on any atom is -0.465 e.